The molecular formula is C25H26F2N4O3. The third-order valence-corrected chi connectivity index (χ3v) is 6.82. The third kappa shape index (κ3) is 3.86. The van der Waals surface area contributed by atoms with Crippen molar-refractivity contribution in [2.24, 2.45) is 0 Å². The summed E-state index contributed by atoms with van der Waals surface area (Å²) in [6, 6.07) is 6.90. The highest BCUT2D eigenvalue weighted by Gasteiger charge is 2.58. The molecule has 0 N–H and O–H groups in total. The maximum Gasteiger partial charge on any atom is 0.257 e. The van der Waals surface area contributed by atoms with E-state index in [1.165, 1.54) is 18.3 Å². The molecule has 3 aliphatic heterocycles. The number of halogens is 2. The SMILES string of the molecule is CC(C)Oc1cc(N2CCC3(CC2)OC2CCC(c4cc(F)cc(F)c4)N2C3=O)ncc1C#N. The number of ether oxygens (including phenoxy) is 2. The van der Waals surface area contributed by atoms with Crippen LogP contribution in [0, 0.1) is 23.0 Å². The van der Waals surface area contributed by atoms with Gasteiger partial charge in [0.2, 0.25) is 0 Å². The van der Waals surface area contributed by atoms with Gasteiger partial charge < -0.3 is 19.3 Å². The lowest BCUT2D eigenvalue weighted by molar-refractivity contribution is -0.140. The second-order valence-electron chi connectivity index (χ2n) is 9.38. The van der Waals surface area contributed by atoms with Gasteiger partial charge in [0.1, 0.15) is 41.1 Å². The quantitative estimate of drug-likeness (QED) is 0.673. The van der Waals surface area contributed by atoms with Crippen molar-refractivity contribution < 1.29 is 23.0 Å². The molecule has 0 saturated carbocycles. The molecule has 2 unspecified atom stereocenters. The summed E-state index contributed by atoms with van der Waals surface area (Å²) in [6.07, 6.45) is 3.24. The number of aromatic nitrogens is 1. The van der Waals surface area contributed by atoms with Crippen molar-refractivity contribution in [2.45, 2.75) is 63.5 Å². The van der Waals surface area contributed by atoms with Crippen molar-refractivity contribution in [2.75, 3.05) is 18.0 Å². The van der Waals surface area contributed by atoms with E-state index in [2.05, 4.69) is 16.0 Å². The highest BCUT2D eigenvalue weighted by molar-refractivity contribution is 5.88. The van der Waals surface area contributed by atoms with E-state index in [-0.39, 0.29) is 18.2 Å². The van der Waals surface area contributed by atoms with E-state index in [1.807, 2.05) is 13.8 Å². The standard InChI is InChI=1S/C25H26F2N4O3/c1-15(2)33-21-12-22(29-14-17(21)13-28)30-7-5-25(6-8-30)24(32)31-20(3-4-23(31)34-25)16-9-18(26)11-19(27)10-16/h9-12,14-15,20,23H,3-8H2,1-2H3. The fraction of sp³-hybridized carbons (Fsp3) is 0.480. The van der Waals surface area contributed by atoms with E-state index < -0.39 is 23.3 Å². The van der Waals surface area contributed by atoms with E-state index in [0.29, 0.717) is 61.5 Å². The number of nitrogens with zero attached hydrogens (tertiary/aromatic N) is 4. The Morgan fingerprint density at radius 2 is 1.88 bits per heavy atom. The molecule has 1 spiro atoms. The molecule has 0 aliphatic carbocycles. The summed E-state index contributed by atoms with van der Waals surface area (Å²) in [5, 5.41) is 9.33. The van der Waals surface area contributed by atoms with Crippen LogP contribution >= 0.6 is 0 Å². The van der Waals surface area contributed by atoms with Gasteiger partial charge >= 0.3 is 0 Å². The number of nitriles is 1. The number of carbonyl (C=O) groups excluding carboxylic acids is 1. The summed E-state index contributed by atoms with van der Waals surface area (Å²) in [5.41, 5.74) is -0.0955. The fourth-order valence-electron chi connectivity index (χ4n) is 5.27. The Morgan fingerprint density at radius 3 is 2.53 bits per heavy atom. The third-order valence-electron chi connectivity index (χ3n) is 6.82. The first-order chi connectivity index (χ1) is 16.3. The molecule has 1 aromatic heterocycles. The zero-order valence-corrected chi connectivity index (χ0v) is 19.1. The molecule has 0 bridgehead atoms. The number of amides is 1. The number of piperidine rings is 1. The minimum Gasteiger partial charge on any atom is -0.489 e. The molecule has 1 aromatic carbocycles. The minimum absolute atomic E-state index is 0.0792. The Bertz CT molecular complexity index is 1140. The summed E-state index contributed by atoms with van der Waals surface area (Å²) in [6.45, 7) is 4.89. The molecule has 34 heavy (non-hydrogen) atoms. The van der Waals surface area contributed by atoms with Crippen molar-refractivity contribution >= 4 is 11.7 Å². The van der Waals surface area contributed by atoms with Gasteiger partial charge in [0.15, 0.2) is 5.60 Å². The molecule has 2 atom stereocenters. The molecule has 3 saturated heterocycles. The van der Waals surface area contributed by atoms with Crippen LogP contribution in [0.3, 0.4) is 0 Å². The Hall–Kier alpha value is -3.25. The number of fused-ring (bicyclic) bond motifs is 1. The second-order valence-corrected chi connectivity index (χ2v) is 9.38. The zero-order chi connectivity index (χ0) is 24.0. The monoisotopic (exact) mass is 468 g/mol. The highest BCUT2D eigenvalue weighted by atomic mass is 19.1. The molecule has 9 heteroatoms. The van der Waals surface area contributed by atoms with Crippen LogP contribution in [0.25, 0.3) is 0 Å². The summed E-state index contributed by atoms with van der Waals surface area (Å²) in [5.74, 6) is -0.235. The number of anilines is 1. The maximum absolute atomic E-state index is 13.8. The minimum atomic E-state index is -0.935. The summed E-state index contributed by atoms with van der Waals surface area (Å²) < 4.78 is 39.7. The van der Waals surface area contributed by atoms with Crippen LogP contribution in [0.5, 0.6) is 5.75 Å². The van der Waals surface area contributed by atoms with Gasteiger partial charge in [-0.05, 0) is 44.4 Å². The average molecular weight is 469 g/mol. The predicted octanol–water partition coefficient (Wildman–Crippen LogP) is 4.08. The first kappa shape index (κ1) is 22.5. The van der Waals surface area contributed by atoms with E-state index in [9.17, 15) is 18.8 Å². The first-order valence-electron chi connectivity index (χ1n) is 11.6. The molecule has 0 radical (unpaired) electrons. The molecule has 4 heterocycles. The molecule has 3 fully saturated rings. The molecule has 7 nitrogen and oxygen atoms in total. The summed E-state index contributed by atoms with van der Waals surface area (Å²) in [4.78, 5) is 21.7. The first-order valence-corrected chi connectivity index (χ1v) is 11.6. The van der Waals surface area contributed by atoms with E-state index in [1.54, 1.807) is 11.0 Å². The number of pyridine rings is 1. The maximum atomic E-state index is 13.8. The second kappa shape index (κ2) is 8.51. The highest BCUT2D eigenvalue weighted by Crippen LogP contribution is 2.48. The number of hydrogen-bond acceptors (Lipinski definition) is 6. The lowest BCUT2D eigenvalue weighted by Gasteiger charge is -2.38. The van der Waals surface area contributed by atoms with E-state index >= 15 is 0 Å². The molecule has 3 aliphatic rings. The van der Waals surface area contributed by atoms with Gasteiger partial charge in [0.05, 0.1) is 18.3 Å². The normalized spacial score (nSPS) is 23.5. The predicted molar refractivity (Wildman–Crippen MR) is 119 cm³/mol. The Balaban J connectivity index is 1.32. The lowest BCUT2D eigenvalue weighted by atomic mass is 9.89. The number of rotatable bonds is 4. The summed E-state index contributed by atoms with van der Waals surface area (Å²) in [7, 11) is 0. The van der Waals surface area contributed by atoms with Crippen LogP contribution in [0.1, 0.15) is 56.7 Å². The van der Waals surface area contributed by atoms with Crippen LogP contribution in [0.15, 0.2) is 30.5 Å². The van der Waals surface area contributed by atoms with Crippen molar-refractivity contribution in [3.8, 4) is 11.8 Å². The number of benzene rings is 1. The van der Waals surface area contributed by atoms with Gasteiger partial charge in [-0.15, -0.1) is 0 Å². The van der Waals surface area contributed by atoms with E-state index in [4.69, 9.17) is 9.47 Å². The van der Waals surface area contributed by atoms with Gasteiger partial charge in [0.25, 0.3) is 5.91 Å². The Morgan fingerprint density at radius 1 is 1.18 bits per heavy atom. The van der Waals surface area contributed by atoms with Gasteiger partial charge in [-0.25, -0.2) is 13.8 Å². The molecule has 2 aromatic rings. The number of hydrogen-bond donors (Lipinski definition) is 0. The lowest BCUT2D eigenvalue weighted by Crippen LogP contribution is -2.50. The van der Waals surface area contributed by atoms with Crippen LogP contribution in [0.4, 0.5) is 14.6 Å². The topological polar surface area (TPSA) is 78.7 Å². The Kier molecular flexibility index (Phi) is 5.64. The van der Waals surface area contributed by atoms with Crippen LogP contribution in [-0.2, 0) is 9.53 Å². The smallest absolute Gasteiger partial charge is 0.257 e. The van der Waals surface area contributed by atoms with Crippen molar-refractivity contribution in [3.05, 3.63) is 53.2 Å². The molecule has 178 valence electrons. The van der Waals surface area contributed by atoms with Crippen molar-refractivity contribution in [3.63, 3.8) is 0 Å². The van der Waals surface area contributed by atoms with Crippen molar-refractivity contribution in [1.82, 2.24) is 9.88 Å². The molecular weight excluding hydrogens is 442 g/mol. The van der Waals surface area contributed by atoms with Crippen LogP contribution < -0.4 is 9.64 Å². The van der Waals surface area contributed by atoms with Gasteiger partial charge in [-0.2, -0.15) is 5.26 Å². The number of carbonyl (C=O) groups is 1. The van der Waals surface area contributed by atoms with Gasteiger partial charge in [-0.1, -0.05) is 0 Å². The van der Waals surface area contributed by atoms with Gasteiger partial charge in [0, 0.05) is 38.1 Å². The molecule has 5 rings (SSSR count). The largest absolute Gasteiger partial charge is 0.489 e. The van der Waals surface area contributed by atoms with Crippen molar-refractivity contribution in [1.29, 1.82) is 5.26 Å². The van der Waals surface area contributed by atoms with E-state index in [0.717, 1.165) is 6.07 Å². The molecule has 1 amide bonds. The van der Waals surface area contributed by atoms with Crippen LogP contribution in [-0.4, -0.2) is 46.8 Å². The zero-order valence-electron chi connectivity index (χ0n) is 19.1. The fourth-order valence-corrected chi connectivity index (χ4v) is 5.27. The Labute approximate surface area is 196 Å². The summed E-state index contributed by atoms with van der Waals surface area (Å²) >= 11 is 0. The van der Waals surface area contributed by atoms with Gasteiger partial charge in [-0.3, -0.25) is 4.79 Å². The average Bonchev–Trinajstić information content (AvgIpc) is 3.31. The van der Waals surface area contributed by atoms with Crippen LogP contribution in [0.2, 0.25) is 0 Å².